The third-order valence-electron chi connectivity index (χ3n) is 4.41. The van der Waals surface area contributed by atoms with Crippen LogP contribution in [0.3, 0.4) is 0 Å². The first-order chi connectivity index (χ1) is 11.5. The molecule has 1 heterocycles. The van der Waals surface area contributed by atoms with Crippen molar-refractivity contribution in [2.45, 2.75) is 25.3 Å². The third kappa shape index (κ3) is 3.28. The van der Waals surface area contributed by atoms with E-state index in [1.807, 2.05) is 31.2 Å². The van der Waals surface area contributed by atoms with E-state index in [2.05, 4.69) is 0 Å². The molecule has 6 heteroatoms. The molecule has 6 nitrogen and oxygen atoms in total. The highest BCUT2D eigenvalue weighted by molar-refractivity contribution is 5.99. The summed E-state index contributed by atoms with van der Waals surface area (Å²) < 4.78 is 10.4. The molecule has 2 rings (SSSR count). The van der Waals surface area contributed by atoms with Gasteiger partial charge in [-0.15, -0.1) is 0 Å². The number of carbonyl (C=O) groups is 2. The van der Waals surface area contributed by atoms with Crippen LogP contribution < -0.4 is 4.74 Å². The van der Waals surface area contributed by atoms with Crippen LogP contribution in [0.25, 0.3) is 5.57 Å². The van der Waals surface area contributed by atoms with Crippen LogP contribution in [-0.4, -0.2) is 54.8 Å². The van der Waals surface area contributed by atoms with Crippen LogP contribution in [0.1, 0.15) is 25.3 Å². The van der Waals surface area contributed by atoms with Crippen molar-refractivity contribution in [2.24, 2.45) is 0 Å². The summed E-state index contributed by atoms with van der Waals surface area (Å²) in [7, 11) is 3.02. The Morgan fingerprint density at radius 3 is 2.67 bits per heavy atom. The normalized spacial score (nSPS) is 21.0. The number of rotatable bonds is 6. The highest BCUT2D eigenvalue weighted by atomic mass is 16.5. The number of ether oxygens (including phenoxy) is 2. The van der Waals surface area contributed by atoms with Crippen molar-refractivity contribution in [1.82, 2.24) is 4.90 Å². The Morgan fingerprint density at radius 2 is 2.04 bits per heavy atom. The van der Waals surface area contributed by atoms with Crippen LogP contribution >= 0.6 is 0 Å². The van der Waals surface area contributed by atoms with E-state index in [4.69, 9.17) is 9.47 Å². The number of allylic oxidation sites excluding steroid dienone is 1. The molecule has 1 unspecified atom stereocenters. The molecule has 0 saturated carbocycles. The molecule has 0 spiro atoms. The van der Waals surface area contributed by atoms with E-state index in [0.29, 0.717) is 25.1 Å². The molecule has 0 aliphatic carbocycles. The van der Waals surface area contributed by atoms with Gasteiger partial charge in [-0.2, -0.15) is 0 Å². The molecule has 1 atom stereocenters. The smallest absolute Gasteiger partial charge is 0.332 e. The minimum Gasteiger partial charge on any atom is -0.496 e. The fourth-order valence-corrected chi connectivity index (χ4v) is 3.18. The van der Waals surface area contributed by atoms with Crippen molar-refractivity contribution in [1.29, 1.82) is 0 Å². The number of carboxylic acids is 1. The monoisotopic (exact) mass is 333 g/mol. The number of aliphatic carboxylic acids is 1. The molecular weight excluding hydrogens is 310 g/mol. The van der Waals surface area contributed by atoms with Crippen LogP contribution in [0.2, 0.25) is 0 Å². The van der Waals surface area contributed by atoms with E-state index in [9.17, 15) is 14.7 Å². The number of methoxy groups -OCH3 is 2. The van der Waals surface area contributed by atoms with Gasteiger partial charge in [-0.25, -0.2) is 4.79 Å². The summed E-state index contributed by atoms with van der Waals surface area (Å²) in [5.74, 6) is -0.684. The lowest BCUT2D eigenvalue weighted by Crippen LogP contribution is -2.55. The molecule has 1 saturated heterocycles. The lowest BCUT2D eigenvalue weighted by molar-refractivity contribution is -0.158. The first-order valence-corrected chi connectivity index (χ1v) is 7.82. The quantitative estimate of drug-likeness (QED) is 0.808. The van der Waals surface area contributed by atoms with Gasteiger partial charge in [0.05, 0.1) is 13.7 Å². The zero-order chi connectivity index (χ0) is 17.7. The Labute approximate surface area is 141 Å². The first kappa shape index (κ1) is 18.0. The second-order valence-electron chi connectivity index (χ2n) is 5.89. The van der Waals surface area contributed by atoms with E-state index in [1.54, 1.807) is 7.11 Å². The zero-order valence-electron chi connectivity index (χ0n) is 14.2. The van der Waals surface area contributed by atoms with E-state index >= 15 is 0 Å². The number of amides is 1. The number of hydrogen-bond acceptors (Lipinski definition) is 4. The SMILES string of the molecule is COCC1(C(=O)O)CCCN1C(=O)/C=C(\C)c1ccccc1OC. The predicted molar refractivity (Wildman–Crippen MR) is 89.8 cm³/mol. The highest BCUT2D eigenvalue weighted by Crippen LogP contribution is 2.32. The van der Waals surface area contributed by atoms with Gasteiger partial charge in [0.1, 0.15) is 5.75 Å². The average molecular weight is 333 g/mol. The van der Waals surface area contributed by atoms with Gasteiger partial charge >= 0.3 is 5.97 Å². The summed E-state index contributed by atoms with van der Waals surface area (Å²) >= 11 is 0. The van der Waals surface area contributed by atoms with Gasteiger partial charge in [0.15, 0.2) is 5.54 Å². The van der Waals surface area contributed by atoms with Crippen LogP contribution in [0.4, 0.5) is 0 Å². The molecule has 1 N–H and O–H groups in total. The highest BCUT2D eigenvalue weighted by Gasteiger charge is 2.49. The summed E-state index contributed by atoms with van der Waals surface area (Å²) in [4.78, 5) is 25.9. The lowest BCUT2D eigenvalue weighted by atomic mass is 9.97. The summed E-state index contributed by atoms with van der Waals surface area (Å²) in [6, 6.07) is 7.40. The standard InChI is InChI=1S/C18H23NO5/c1-13(14-7-4-5-8-15(14)24-3)11-16(20)19-10-6-9-18(19,12-23-2)17(21)22/h4-5,7-8,11H,6,9-10,12H2,1-3H3,(H,21,22)/b13-11+. The number of carboxylic acid groups (broad SMARTS) is 1. The van der Waals surface area contributed by atoms with Gasteiger partial charge < -0.3 is 19.5 Å². The summed E-state index contributed by atoms with van der Waals surface area (Å²) in [6.45, 7) is 2.20. The summed E-state index contributed by atoms with van der Waals surface area (Å²) in [6.07, 6.45) is 2.50. The molecule has 0 radical (unpaired) electrons. The number of nitrogens with zero attached hydrogens (tertiary/aromatic N) is 1. The molecule has 1 aliphatic rings. The number of likely N-dealkylation sites (tertiary alicyclic amines) is 1. The molecule has 1 amide bonds. The van der Waals surface area contributed by atoms with E-state index in [-0.39, 0.29) is 12.5 Å². The van der Waals surface area contributed by atoms with Crippen molar-refractivity contribution in [3.8, 4) is 5.75 Å². The van der Waals surface area contributed by atoms with Gasteiger partial charge in [-0.1, -0.05) is 18.2 Å². The first-order valence-electron chi connectivity index (χ1n) is 7.82. The minimum absolute atomic E-state index is 0.0182. The van der Waals surface area contributed by atoms with Crippen LogP contribution in [0.15, 0.2) is 30.3 Å². The molecular formula is C18H23NO5. The fourth-order valence-electron chi connectivity index (χ4n) is 3.18. The fraction of sp³-hybridized carbons (Fsp3) is 0.444. The average Bonchev–Trinajstić information content (AvgIpc) is 3.00. The maximum atomic E-state index is 12.7. The second-order valence-corrected chi connectivity index (χ2v) is 5.89. The van der Waals surface area contributed by atoms with E-state index in [0.717, 1.165) is 11.1 Å². The molecule has 24 heavy (non-hydrogen) atoms. The number of para-hydroxylation sites is 1. The third-order valence-corrected chi connectivity index (χ3v) is 4.41. The second kappa shape index (κ2) is 7.49. The lowest BCUT2D eigenvalue weighted by Gasteiger charge is -2.33. The van der Waals surface area contributed by atoms with Crippen molar-refractivity contribution >= 4 is 17.4 Å². The molecule has 1 aromatic rings. The summed E-state index contributed by atoms with van der Waals surface area (Å²) in [5, 5.41) is 9.63. The number of benzene rings is 1. The van der Waals surface area contributed by atoms with Gasteiger partial charge in [0.2, 0.25) is 5.91 Å². The molecule has 1 fully saturated rings. The van der Waals surface area contributed by atoms with Crippen molar-refractivity contribution < 1.29 is 24.2 Å². The Bertz CT molecular complexity index is 655. The van der Waals surface area contributed by atoms with E-state index < -0.39 is 11.5 Å². The largest absolute Gasteiger partial charge is 0.496 e. The van der Waals surface area contributed by atoms with Crippen molar-refractivity contribution in [3.63, 3.8) is 0 Å². The molecule has 1 aromatic carbocycles. The zero-order valence-corrected chi connectivity index (χ0v) is 14.2. The number of carbonyl (C=O) groups excluding carboxylic acids is 1. The topological polar surface area (TPSA) is 76.1 Å². The van der Waals surface area contributed by atoms with Crippen LogP contribution in [0, 0.1) is 0 Å². The minimum atomic E-state index is -1.29. The molecule has 130 valence electrons. The molecule has 0 bridgehead atoms. The molecule has 0 aromatic heterocycles. The molecule has 1 aliphatic heterocycles. The van der Waals surface area contributed by atoms with Crippen LogP contribution in [0.5, 0.6) is 5.75 Å². The van der Waals surface area contributed by atoms with Gasteiger partial charge in [-0.3, -0.25) is 4.79 Å². The maximum absolute atomic E-state index is 12.7. The van der Waals surface area contributed by atoms with Gasteiger partial charge in [0, 0.05) is 25.3 Å². The van der Waals surface area contributed by atoms with Crippen molar-refractivity contribution in [3.05, 3.63) is 35.9 Å². The Hall–Kier alpha value is -2.34. The Kier molecular flexibility index (Phi) is 5.62. The Morgan fingerprint density at radius 1 is 1.33 bits per heavy atom. The predicted octanol–water partition coefficient (Wildman–Crippen LogP) is 2.19. The van der Waals surface area contributed by atoms with Gasteiger partial charge in [-0.05, 0) is 31.4 Å². The Balaban J connectivity index is 2.32. The summed E-state index contributed by atoms with van der Waals surface area (Å²) in [5.41, 5.74) is 0.241. The van der Waals surface area contributed by atoms with E-state index in [1.165, 1.54) is 18.1 Å². The van der Waals surface area contributed by atoms with Crippen molar-refractivity contribution in [2.75, 3.05) is 27.4 Å². The maximum Gasteiger partial charge on any atom is 0.332 e. The van der Waals surface area contributed by atoms with Crippen LogP contribution in [-0.2, 0) is 14.3 Å². The number of hydrogen-bond donors (Lipinski definition) is 1. The van der Waals surface area contributed by atoms with Gasteiger partial charge in [0.25, 0.3) is 0 Å².